The van der Waals surface area contributed by atoms with Gasteiger partial charge in [0.05, 0.1) is 21.7 Å². The largest absolute Gasteiger partial charge is 0.494 e. The van der Waals surface area contributed by atoms with Gasteiger partial charge in [0.1, 0.15) is 5.75 Å². The van der Waals surface area contributed by atoms with E-state index in [9.17, 15) is 13.2 Å². The molecule has 3 aromatic rings. The van der Waals surface area contributed by atoms with Crippen molar-refractivity contribution in [1.29, 1.82) is 0 Å². The number of nitrogens with one attached hydrogen (secondary N) is 1. The van der Waals surface area contributed by atoms with E-state index in [0.717, 1.165) is 53.8 Å². The fourth-order valence-corrected chi connectivity index (χ4v) is 6.87. The molecule has 1 amide bonds. The third-order valence-electron chi connectivity index (χ3n) is 6.48. The first kappa shape index (κ1) is 27.3. The van der Waals surface area contributed by atoms with Crippen LogP contribution in [0.4, 0.5) is 5.13 Å². The maximum Gasteiger partial charge on any atom is 0.251 e. The number of rotatable bonds is 11. The number of amides is 1. The van der Waals surface area contributed by atoms with E-state index < -0.39 is 10.0 Å². The van der Waals surface area contributed by atoms with Gasteiger partial charge in [-0.15, -0.1) is 0 Å². The molecule has 0 saturated carbocycles. The second kappa shape index (κ2) is 12.2. The van der Waals surface area contributed by atoms with Gasteiger partial charge in [-0.05, 0) is 49.4 Å². The van der Waals surface area contributed by atoms with Crippen LogP contribution in [0.3, 0.4) is 0 Å². The molecule has 1 aliphatic heterocycles. The zero-order valence-corrected chi connectivity index (χ0v) is 23.3. The van der Waals surface area contributed by atoms with Gasteiger partial charge >= 0.3 is 0 Å². The Labute approximate surface area is 223 Å². The van der Waals surface area contributed by atoms with E-state index in [2.05, 4.69) is 21.2 Å². The number of nitrogens with zero attached hydrogens (tertiary/aromatic N) is 4. The van der Waals surface area contributed by atoms with Crippen molar-refractivity contribution in [3.05, 3.63) is 48.0 Å². The highest BCUT2D eigenvalue weighted by atomic mass is 32.2. The molecule has 0 bridgehead atoms. The van der Waals surface area contributed by atoms with E-state index >= 15 is 0 Å². The minimum atomic E-state index is -3.53. The number of benzene rings is 2. The summed E-state index contributed by atoms with van der Waals surface area (Å²) in [6.45, 7) is 11.9. The van der Waals surface area contributed by atoms with Crippen LogP contribution in [0.5, 0.6) is 5.75 Å². The smallest absolute Gasteiger partial charge is 0.251 e. The number of carbonyl (C=O) groups is 1. The number of sulfonamides is 1. The lowest BCUT2D eigenvalue weighted by atomic mass is 10.2. The van der Waals surface area contributed by atoms with E-state index in [1.54, 1.807) is 23.5 Å². The zero-order valence-electron chi connectivity index (χ0n) is 21.6. The molecule has 1 fully saturated rings. The molecule has 9 nitrogen and oxygen atoms in total. The maximum atomic E-state index is 12.6. The molecule has 11 heteroatoms. The van der Waals surface area contributed by atoms with Crippen LogP contribution >= 0.6 is 11.3 Å². The number of aromatic nitrogens is 1. The summed E-state index contributed by atoms with van der Waals surface area (Å²) in [4.78, 5) is 22.2. The average molecular weight is 546 g/mol. The second-order valence-corrected chi connectivity index (χ2v) is 11.7. The van der Waals surface area contributed by atoms with Gasteiger partial charge < -0.3 is 15.0 Å². The monoisotopic (exact) mass is 545 g/mol. The predicted molar refractivity (Wildman–Crippen MR) is 148 cm³/mol. The highest BCUT2D eigenvalue weighted by Crippen LogP contribution is 2.32. The minimum absolute atomic E-state index is 0.202. The Morgan fingerprint density at radius 2 is 1.76 bits per heavy atom. The summed E-state index contributed by atoms with van der Waals surface area (Å²) in [6, 6.07) is 12.2. The SMILES string of the molecule is CCOc1ccc2nc(N3CCN(CCNC(=O)c4ccc(S(=O)(=O)N(CC)CC)cc4)CC3)sc2c1. The molecule has 37 heavy (non-hydrogen) atoms. The zero-order chi connectivity index (χ0) is 26.4. The molecule has 0 atom stereocenters. The van der Waals surface area contributed by atoms with Crippen molar-refractivity contribution in [3.63, 3.8) is 0 Å². The van der Waals surface area contributed by atoms with Crippen molar-refractivity contribution in [2.24, 2.45) is 0 Å². The number of ether oxygens (including phenoxy) is 1. The molecule has 0 unspecified atom stereocenters. The lowest BCUT2D eigenvalue weighted by molar-refractivity contribution is 0.0947. The third-order valence-corrected chi connectivity index (χ3v) is 9.62. The third kappa shape index (κ3) is 6.40. The van der Waals surface area contributed by atoms with Crippen LogP contribution in [-0.4, -0.2) is 87.5 Å². The summed E-state index contributed by atoms with van der Waals surface area (Å²) < 4.78 is 33.4. The summed E-state index contributed by atoms with van der Waals surface area (Å²) in [5, 5.41) is 3.98. The van der Waals surface area contributed by atoms with Crippen LogP contribution in [-0.2, 0) is 10.0 Å². The van der Waals surface area contributed by atoms with Gasteiger partial charge in [0.2, 0.25) is 10.0 Å². The van der Waals surface area contributed by atoms with Crippen molar-refractivity contribution >= 4 is 42.6 Å². The Hall–Kier alpha value is -2.73. The summed E-state index contributed by atoms with van der Waals surface area (Å²) >= 11 is 1.69. The van der Waals surface area contributed by atoms with Crippen LogP contribution in [0.15, 0.2) is 47.4 Å². The van der Waals surface area contributed by atoms with E-state index in [-0.39, 0.29) is 10.8 Å². The Kier molecular flexibility index (Phi) is 9.01. The van der Waals surface area contributed by atoms with Crippen molar-refractivity contribution in [2.75, 3.05) is 63.9 Å². The van der Waals surface area contributed by atoms with Crippen molar-refractivity contribution < 1.29 is 17.9 Å². The molecule has 1 saturated heterocycles. The van der Waals surface area contributed by atoms with E-state index in [1.807, 2.05) is 32.9 Å². The summed E-state index contributed by atoms with van der Waals surface area (Å²) in [7, 11) is -3.53. The number of carbonyl (C=O) groups excluding carboxylic acids is 1. The normalized spacial score (nSPS) is 14.9. The van der Waals surface area contributed by atoms with E-state index in [4.69, 9.17) is 9.72 Å². The molecule has 0 radical (unpaired) electrons. The molecule has 0 spiro atoms. The summed E-state index contributed by atoms with van der Waals surface area (Å²) in [6.07, 6.45) is 0. The van der Waals surface area contributed by atoms with E-state index in [0.29, 0.717) is 31.8 Å². The van der Waals surface area contributed by atoms with Gasteiger partial charge in [0.25, 0.3) is 5.91 Å². The first-order valence-electron chi connectivity index (χ1n) is 12.7. The minimum Gasteiger partial charge on any atom is -0.494 e. The molecule has 2 aromatic carbocycles. The lowest BCUT2D eigenvalue weighted by Crippen LogP contribution is -2.48. The molecular weight excluding hydrogens is 510 g/mol. The van der Waals surface area contributed by atoms with Crippen molar-refractivity contribution in [1.82, 2.24) is 19.5 Å². The highest BCUT2D eigenvalue weighted by Gasteiger charge is 2.22. The maximum absolute atomic E-state index is 12.6. The molecule has 200 valence electrons. The van der Waals surface area contributed by atoms with Gasteiger partial charge in [-0.1, -0.05) is 25.2 Å². The molecular formula is C26H35N5O4S2. The number of fused-ring (bicyclic) bond motifs is 1. The van der Waals surface area contributed by atoms with Crippen molar-refractivity contribution in [2.45, 2.75) is 25.7 Å². The predicted octanol–water partition coefficient (Wildman–Crippen LogP) is 3.28. The Morgan fingerprint density at radius 1 is 1.05 bits per heavy atom. The molecule has 2 heterocycles. The molecule has 1 N–H and O–H groups in total. The van der Waals surface area contributed by atoms with E-state index in [1.165, 1.54) is 16.4 Å². The fraction of sp³-hybridized carbons (Fsp3) is 0.462. The molecule has 1 aliphatic rings. The Morgan fingerprint density at radius 3 is 2.41 bits per heavy atom. The second-order valence-electron chi connectivity index (χ2n) is 8.76. The van der Waals surface area contributed by atoms with Crippen LogP contribution < -0.4 is 15.0 Å². The Bertz CT molecular complexity index is 1300. The van der Waals surface area contributed by atoms with Crippen molar-refractivity contribution in [3.8, 4) is 5.75 Å². The number of anilines is 1. The van der Waals surface area contributed by atoms with Gasteiger partial charge in [-0.3, -0.25) is 9.69 Å². The first-order valence-corrected chi connectivity index (χ1v) is 15.0. The first-order chi connectivity index (χ1) is 17.8. The van der Waals surface area contributed by atoms with Gasteiger partial charge in [0, 0.05) is 57.9 Å². The fourth-order valence-electron chi connectivity index (χ4n) is 4.37. The Balaban J connectivity index is 1.24. The highest BCUT2D eigenvalue weighted by molar-refractivity contribution is 7.89. The van der Waals surface area contributed by atoms with Gasteiger partial charge in [-0.2, -0.15) is 4.31 Å². The molecule has 0 aliphatic carbocycles. The lowest BCUT2D eigenvalue weighted by Gasteiger charge is -2.34. The topological polar surface area (TPSA) is 95.1 Å². The quantitative estimate of drug-likeness (QED) is 0.395. The average Bonchev–Trinajstić information content (AvgIpc) is 3.33. The molecule has 1 aromatic heterocycles. The number of thiazole rings is 1. The van der Waals surface area contributed by atoms with Gasteiger partial charge in [-0.25, -0.2) is 13.4 Å². The van der Waals surface area contributed by atoms with Crippen LogP contribution in [0, 0.1) is 0 Å². The van der Waals surface area contributed by atoms with Crippen LogP contribution in [0.2, 0.25) is 0 Å². The number of piperazine rings is 1. The van der Waals surface area contributed by atoms with Gasteiger partial charge in [0.15, 0.2) is 5.13 Å². The molecule has 4 rings (SSSR count). The summed E-state index contributed by atoms with van der Waals surface area (Å²) in [5.74, 6) is 0.670. The summed E-state index contributed by atoms with van der Waals surface area (Å²) in [5.41, 5.74) is 1.44. The number of hydrogen-bond acceptors (Lipinski definition) is 8. The number of hydrogen-bond donors (Lipinski definition) is 1. The standard InChI is InChI=1S/C26H35N5O4S2/c1-4-31(5-2)37(33,34)22-10-7-20(8-11-22)25(32)27-13-14-29-15-17-30(18-16-29)26-28-23-12-9-21(35-6-3)19-24(23)36-26/h7-12,19H,4-6,13-18H2,1-3H3,(H,27,32). The van der Waals surface area contributed by atoms with Crippen LogP contribution in [0.1, 0.15) is 31.1 Å². The van der Waals surface area contributed by atoms with Crippen LogP contribution in [0.25, 0.3) is 10.2 Å².